The number of rotatable bonds is 4. The van der Waals surface area contributed by atoms with E-state index in [1.54, 1.807) is 22.7 Å². The summed E-state index contributed by atoms with van der Waals surface area (Å²) in [6.45, 7) is 1.94. The molecule has 1 fully saturated rings. The van der Waals surface area contributed by atoms with Crippen LogP contribution in [0, 0.1) is 6.92 Å². The molecule has 0 spiro atoms. The summed E-state index contributed by atoms with van der Waals surface area (Å²) in [5, 5.41) is 6.66. The molecule has 150 valence electrons. The average molecular weight is 436 g/mol. The standard InChI is InChI=1S/C22H17N3O3S2/c1-13-9-17-15(7-8-20(27)28-17)10-16(13)23-18-11-30-22(24-18)25-19(26)12-29-21(25)14-5-3-2-4-6-14/h2-11,21,23H,12H2,1H3. The number of anilines is 3. The molecular weight excluding hydrogens is 418 g/mol. The summed E-state index contributed by atoms with van der Waals surface area (Å²) in [5.74, 6) is 1.18. The van der Waals surface area contributed by atoms with Crippen molar-refractivity contribution >= 4 is 56.6 Å². The number of thioether (sulfide) groups is 1. The van der Waals surface area contributed by atoms with Crippen LogP contribution in [0.25, 0.3) is 11.0 Å². The van der Waals surface area contributed by atoms with Crippen molar-refractivity contribution in [1.82, 2.24) is 4.98 Å². The molecule has 0 aliphatic carbocycles. The second-order valence-corrected chi connectivity index (χ2v) is 8.84. The fraction of sp³-hybridized carbons (Fsp3) is 0.136. The molecule has 6 nitrogen and oxygen atoms in total. The van der Waals surface area contributed by atoms with Crippen LogP contribution in [0.1, 0.15) is 16.5 Å². The number of fused-ring (bicyclic) bond motifs is 1. The van der Waals surface area contributed by atoms with Gasteiger partial charge in [0, 0.05) is 22.5 Å². The summed E-state index contributed by atoms with van der Waals surface area (Å²) in [7, 11) is 0. The molecular formula is C22H17N3O3S2. The van der Waals surface area contributed by atoms with Crippen molar-refractivity contribution in [3.8, 4) is 0 Å². The predicted molar refractivity (Wildman–Crippen MR) is 122 cm³/mol. The van der Waals surface area contributed by atoms with Crippen LogP contribution in [0.4, 0.5) is 16.6 Å². The second kappa shape index (κ2) is 7.62. The van der Waals surface area contributed by atoms with E-state index in [1.165, 1.54) is 17.4 Å². The first kappa shape index (κ1) is 18.9. The number of aryl methyl sites for hydroxylation is 1. The zero-order valence-electron chi connectivity index (χ0n) is 16.0. The number of carbonyl (C=O) groups is 1. The Morgan fingerprint density at radius 1 is 1.13 bits per heavy atom. The van der Waals surface area contributed by atoms with Crippen LogP contribution in [0.3, 0.4) is 0 Å². The fourth-order valence-corrected chi connectivity index (χ4v) is 5.44. The van der Waals surface area contributed by atoms with Crippen molar-refractivity contribution in [2.24, 2.45) is 0 Å². The van der Waals surface area contributed by atoms with E-state index in [4.69, 9.17) is 4.42 Å². The van der Waals surface area contributed by atoms with Gasteiger partial charge in [-0.2, -0.15) is 0 Å². The summed E-state index contributed by atoms with van der Waals surface area (Å²) < 4.78 is 5.24. The monoisotopic (exact) mass is 435 g/mol. The summed E-state index contributed by atoms with van der Waals surface area (Å²) in [6, 6.07) is 16.9. The van der Waals surface area contributed by atoms with Gasteiger partial charge >= 0.3 is 5.63 Å². The molecule has 1 saturated heterocycles. The molecule has 4 aromatic rings. The number of benzene rings is 2. The molecule has 5 rings (SSSR count). The zero-order chi connectivity index (χ0) is 20.7. The molecule has 1 atom stereocenters. The third kappa shape index (κ3) is 3.48. The lowest BCUT2D eigenvalue weighted by Gasteiger charge is -2.21. The van der Waals surface area contributed by atoms with Crippen molar-refractivity contribution in [1.29, 1.82) is 0 Å². The highest BCUT2D eigenvalue weighted by atomic mass is 32.2. The Morgan fingerprint density at radius 3 is 2.80 bits per heavy atom. The molecule has 1 aliphatic rings. The lowest BCUT2D eigenvalue weighted by Crippen LogP contribution is -2.27. The van der Waals surface area contributed by atoms with Crippen molar-refractivity contribution in [3.63, 3.8) is 0 Å². The number of hydrogen-bond acceptors (Lipinski definition) is 7. The van der Waals surface area contributed by atoms with Crippen molar-refractivity contribution in [2.45, 2.75) is 12.3 Å². The van der Waals surface area contributed by atoms with Gasteiger partial charge in [0.25, 0.3) is 0 Å². The molecule has 1 N–H and O–H groups in total. The minimum atomic E-state index is -0.368. The lowest BCUT2D eigenvalue weighted by molar-refractivity contribution is -0.115. The van der Waals surface area contributed by atoms with Gasteiger partial charge in [0.2, 0.25) is 5.91 Å². The van der Waals surface area contributed by atoms with Crippen molar-refractivity contribution in [3.05, 3.63) is 81.5 Å². The van der Waals surface area contributed by atoms with Gasteiger partial charge in [0.15, 0.2) is 5.13 Å². The Kier molecular flexibility index (Phi) is 4.80. The van der Waals surface area contributed by atoms with Crippen LogP contribution in [0.5, 0.6) is 0 Å². The van der Waals surface area contributed by atoms with E-state index < -0.39 is 0 Å². The average Bonchev–Trinajstić information content (AvgIpc) is 3.35. The largest absolute Gasteiger partial charge is 0.423 e. The normalized spacial score (nSPS) is 16.4. The van der Waals surface area contributed by atoms with Crippen molar-refractivity contribution in [2.75, 3.05) is 16.0 Å². The Balaban J connectivity index is 1.44. The molecule has 0 radical (unpaired) electrons. The van der Waals surface area contributed by atoms with E-state index in [0.717, 1.165) is 22.2 Å². The first-order chi connectivity index (χ1) is 14.6. The van der Waals surface area contributed by atoms with E-state index in [0.29, 0.717) is 22.3 Å². The Morgan fingerprint density at radius 2 is 1.97 bits per heavy atom. The Labute approximate surface area is 180 Å². The van der Waals surface area contributed by atoms with E-state index in [9.17, 15) is 9.59 Å². The fourth-order valence-electron chi connectivity index (χ4n) is 3.42. The first-order valence-corrected chi connectivity index (χ1v) is 11.3. The maximum atomic E-state index is 12.6. The van der Waals surface area contributed by atoms with Crippen LogP contribution < -0.4 is 15.8 Å². The van der Waals surface area contributed by atoms with Crippen LogP contribution in [-0.4, -0.2) is 16.6 Å². The molecule has 3 heterocycles. The number of aromatic nitrogens is 1. The maximum absolute atomic E-state index is 12.6. The minimum Gasteiger partial charge on any atom is -0.423 e. The van der Waals surface area contributed by atoms with Crippen LogP contribution >= 0.6 is 23.1 Å². The van der Waals surface area contributed by atoms with E-state index in [2.05, 4.69) is 10.3 Å². The lowest BCUT2D eigenvalue weighted by atomic mass is 10.1. The third-order valence-corrected chi connectivity index (χ3v) is 6.93. The maximum Gasteiger partial charge on any atom is 0.336 e. The van der Waals surface area contributed by atoms with Gasteiger partial charge in [-0.25, -0.2) is 9.78 Å². The Hall–Kier alpha value is -3.10. The van der Waals surface area contributed by atoms with Gasteiger partial charge in [-0.15, -0.1) is 23.1 Å². The number of amides is 1. The van der Waals surface area contributed by atoms with Crippen molar-refractivity contribution < 1.29 is 9.21 Å². The molecule has 8 heteroatoms. The molecule has 1 unspecified atom stereocenters. The molecule has 2 aromatic carbocycles. The summed E-state index contributed by atoms with van der Waals surface area (Å²) in [6.07, 6.45) is 0. The third-order valence-electron chi connectivity index (χ3n) is 4.88. The topological polar surface area (TPSA) is 75.4 Å². The molecule has 0 saturated carbocycles. The first-order valence-electron chi connectivity index (χ1n) is 9.34. The SMILES string of the molecule is Cc1cc2oc(=O)ccc2cc1Nc1csc(N2C(=O)CSC2c2ccccc2)n1. The van der Waals surface area contributed by atoms with Gasteiger partial charge in [0.05, 0.1) is 5.75 Å². The second-order valence-electron chi connectivity index (χ2n) is 6.94. The number of thiazole rings is 1. The van der Waals surface area contributed by atoms with Gasteiger partial charge in [-0.05, 0) is 36.2 Å². The molecule has 2 aromatic heterocycles. The van der Waals surface area contributed by atoms with E-state index in [-0.39, 0.29) is 16.9 Å². The highest BCUT2D eigenvalue weighted by Gasteiger charge is 2.35. The van der Waals surface area contributed by atoms with E-state index in [1.807, 2.05) is 54.8 Å². The summed E-state index contributed by atoms with van der Waals surface area (Å²) >= 11 is 3.05. The van der Waals surface area contributed by atoms with Gasteiger partial charge in [-0.3, -0.25) is 9.69 Å². The highest BCUT2D eigenvalue weighted by molar-refractivity contribution is 8.00. The van der Waals surface area contributed by atoms with Gasteiger partial charge < -0.3 is 9.73 Å². The van der Waals surface area contributed by atoms with E-state index >= 15 is 0 Å². The number of nitrogens with one attached hydrogen (secondary N) is 1. The number of carbonyl (C=O) groups excluding carboxylic acids is 1. The predicted octanol–water partition coefficient (Wildman–Crippen LogP) is 5.08. The highest BCUT2D eigenvalue weighted by Crippen LogP contribution is 2.43. The van der Waals surface area contributed by atoms with Crippen LogP contribution in [-0.2, 0) is 4.79 Å². The van der Waals surface area contributed by atoms with Crippen LogP contribution in [0.15, 0.2) is 69.2 Å². The van der Waals surface area contributed by atoms with Crippen LogP contribution in [0.2, 0.25) is 0 Å². The molecule has 1 aliphatic heterocycles. The molecule has 0 bridgehead atoms. The summed E-state index contributed by atoms with van der Waals surface area (Å²) in [4.78, 5) is 30.4. The van der Waals surface area contributed by atoms with Gasteiger partial charge in [-0.1, -0.05) is 30.3 Å². The Bertz CT molecular complexity index is 1300. The minimum absolute atomic E-state index is 0.0617. The van der Waals surface area contributed by atoms with Gasteiger partial charge in [0.1, 0.15) is 16.8 Å². The number of hydrogen-bond donors (Lipinski definition) is 1. The molecule has 30 heavy (non-hydrogen) atoms. The molecule has 1 amide bonds. The quantitative estimate of drug-likeness (QED) is 0.451. The summed E-state index contributed by atoms with van der Waals surface area (Å²) in [5.41, 5.74) is 3.07. The number of nitrogens with zero attached hydrogens (tertiary/aromatic N) is 2. The zero-order valence-corrected chi connectivity index (χ0v) is 17.6. The smallest absolute Gasteiger partial charge is 0.336 e.